The number of ether oxygens (including phenoxy) is 1. The van der Waals surface area contributed by atoms with Crippen molar-refractivity contribution in [2.75, 3.05) is 23.7 Å². The zero-order valence-corrected chi connectivity index (χ0v) is 16.6. The predicted octanol–water partition coefficient (Wildman–Crippen LogP) is 2.79. The van der Waals surface area contributed by atoms with Crippen molar-refractivity contribution in [3.63, 3.8) is 0 Å². The van der Waals surface area contributed by atoms with Crippen LogP contribution in [0, 0.1) is 5.92 Å². The highest BCUT2D eigenvalue weighted by molar-refractivity contribution is 7.92. The van der Waals surface area contributed by atoms with Gasteiger partial charge in [0.1, 0.15) is 5.75 Å². The van der Waals surface area contributed by atoms with E-state index in [1.807, 2.05) is 27.7 Å². The van der Waals surface area contributed by atoms with E-state index in [4.69, 9.17) is 4.74 Å². The Bertz CT molecular complexity index is 642. The summed E-state index contributed by atoms with van der Waals surface area (Å²) in [4.78, 5) is 11.9. The molecule has 1 aromatic carbocycles. The first-order valence-corrected chi connectivity index (χ1v) is 10.5. The zero-order valence-electron chi connectivity index (χ0n) is 15.8. The number of rotatable bonds is 10. The Labute approximate surface area is 151 Å². The van der Waals surface area contributed by atoms with E-state index in [2.05, 4.69) is 5.32 Å². The van der Waals surface area contributed by atoms with Crippen molar-refractivity contribution >= 4 is 21.6 Å². The summed E-state index contributed by atoms with van der Waals surface area (Å²) in [6, 6.07) is 7.02. The third kappa shape index (κ3) is 7.34. The first kappa shape index (κ1) is 21.3. The lowest BCUT2D eigenvalue weighted by molar-refractivity contribution is -0.122. The van der Waals surface area contributed by atoms with Crippen LogP contribution in [0.15, 0.2) is 24.3 Å². The van der Waals surface area contributed by atoms with Crippen LogP contribution in [0.5, 0.6) is 5.75 Å². The predicted molar refractivity (Wildman–Crippen MR) is 101 cm³/mol. The monoisotopic (exact) mass is 370 g/mol. The van der Waals surface area contributed by atoms with Gasteiger partial charge in [0.25, 0.3) is 0 Å². The summed E-state index contributed by atoms with van der Waals surface area (Å²) in [5.41, 5.74) is 0.571. The van der Waals surface area contributed by atoms with Crippen LogP contribution in [0.4, 0.5) is 5.69 Å². The van der Waals surface area contributed by atoms with Gasteiger partial charge in [0, 0.05) is 19.0 Å². The number of hydrogen-bond acceptors (Lipinski definition) is 4. The van der Waals surface area contributed by atoms with Crippen molar-refractivity contribution in [2.24, 2.45) is 5.92 Å². The smallest absolute Gasteiger partial charge is 0.232 e. The zero-order chi connectivity index (χ0) is 19.0. The van der Waals surface area contributed by atoms with Crippen LogP contribution in [0.2, 0.25) is 0 Å². The number of benzene rings is 1. The summed E-state index contributed by atoms with van der Waals surface area (Å²) in [7, 11) is -3.42. The van der Waals surface area contributed by atoms with Gasteiger partial charge in [0.2, 0.25) is 15.9 Å². The highest BCUT2D eigenvalue weighted by atomic mass is 32.2. The fourth-order valence-electron chi connectivity index (χ4n) is 2.24. The minimum Gasteiger partial charge on any atom is -0.494 e. The lowest BCUT2D eigenvalue weighted by atomic mass is 10.1. The number of nitrogens with zero attached hydrogens (tertiary/aromatic N) is 1. The highest BCUT2D eigenvalue weighted by Crippen LogP contribution is 2.22. The van der Waals surface area contributed by atoms with Crippen molar-refractivity contribution in [2.45, 2.75) is 46.6 Å². The minimum absolute atomic E-state index is 0.0543. The second-order valence-electron chi connectivity index (χ2n) is 6.47. The van der Waals surface area contributed by atoms with Crippen molar-refractivity contribution in [3.05, 3.63) is 24.3 Å². The summed E-state index contributed by atoms with van der Waals surface area (Å²) in [6.45, 7) is 8.76. The molecule has 0 bridgehead atoms. The maximum atomic E-state index is 12.1. The van der Waals surface area contributed by atoms with E-state index < -0.39 is 10.0 Å². The summed E-state index contributed by atoms with van der Waals surface area (Å²) < 4.78 is 30.9. The van der Waals surface area contributed by atoms with Crippen molar-refractivity contribution in [1.29, 1.82) is 0 Å². The number of sulfonamides is 1. The number of amides is 1. The fourth-order valence-corrected chi connectivity index (χ4v) is 3.20. The molecule has 0 unspecified atom stereocenters. The van der Waals surface area contributed by atoms with Gasteiger partial charge in [-0.25, -0.2) is 8.42 Å². The number of carbonyl (C=O) groups is 1. The average molecular weight is 371 g/mol. The summed E-state index contributed by atoms with van der Waals surface area (Å²) in [5, 5.41) is 2.93. The quantitative estimate of drug-likeness (QED) is 0.687. The number of carbonyl (C=O) groups excluding carboxylic acids is 1. The molecular formula is C18H30N2O4S. The molecule has 1 aromatic rings. The molecule has 1 amide bonds. The first-order chi connectivity index (χ1) is 11.6. The van der Waals surface area contributed by atoms with E-state index >= 15 is 0 Å². The van der Waals surface area contributed by atoms with E-state index in [-0.39, 0.29) is 18.5 Å². The van der Waals surface area contributed by atoms with Gasteiger partial charge in [-0.3, -0.25) is 9.10 Å². The minimum atomic E-state index is -3.42. The highest BCUT2D eigenvalue weighted by Gasteiger charge is 2.18. The second kappa shape index (κ2) is 9.65. The molecule has 1 N–H and O–H groups in total. The Balaban J connectivity index is 2.67. The van der Waals surface area contributed by atoms with Gasteiger partial charge in [-0.1, -0.05) is 13.8 Å². The molecule has 0 aliphatic heterocycles. The van der Waals surface area contributed by atoms with E-state index in [0.29, 0.717) is 36.8 Å². The maximum Gasteiger partial charge on any atom is 0.232 e. The Morgan fingerprint density at radius 2 is 1.80 bits per heavy atom. The van der Waals surface area contributed by atoms with Gasteiger partial charge < -0.3 is 10.1 Å². The number of nitrogens with one attached hydrogen (secondary N) is 1. The van der Waals surface area contributed by atoms with Gasteiger partial charge in [-0.05, 0) is 50.5 Å². The van der Waals surface area contributed by atoms with Crippen LogP contribution >= 0.6 is 0 Å². The maximum absolute atomic E-state index is 12.1. The normalized spacial score (nSPS) is 12.7. The van der Waals surface area contributed by atoms with Crippen LogP contribution in [0.1, 0.15) is 40.5 Å². The molecule has 1 rings (SSSR count). The molecule has 6 nitrogen and oxygen atoms in total. The van der Waals surface area contributed by atoms with E-state index in [9.17, 15) is 13.2 Å². The third-order valence-electron chi connectivity index (χ3n) is 3.99. The summed E-state index contributed by atoms with van der Waals surface area (Å²) in [6.07, 6.45) is 1.92. The Hall–Kier alpha value is -1.76. The van der Waals surface area contributed by atoms with Crippen molar-refractivity contribution < 1.29 is 17.9 Å². The summed E-state index contributed by atoms with van der Waals surface area (Å²) in [5.74, 6) is 1.00. The van der Waals surface area contributed by atoms with Crippen LogP contribution in [0.3, 0.4) is 0 Å². The van der Waals surface area contributed by atoms with E-state index in [1.54, 1.807) is 24.3 Å². The van der Waals surface area contributed by atoms with Crippen molar-refractivity contribution in [3.8, 4) is 5.75 Å². The topological polar surface area (TPSA) is 75.7 Å². The molecule has 142 valence electrons. The van der Waals surface area contributed by atoms with Gasteiger partial charge in [-0.15, -0.1) is 0 Å². The average Bonchev–Trinajstić information content (AvgIpc) is 2.51. The van der Waals surface area contributed by atoms with Crippen LogP contribution in [0.25, 0.3) is 0 Å². The van der Waals surface area contributed by atoms with Crippen LogP contribution in [-0.4, -0.2) is 39.8 Å². The number of hydrogen-bond donors (Lipinski definition) is 1. The molecule has 0 aliphatic rings. The van der Waals surface area contributed by atoms with Crippen molar-refractivity contribution in [1.82, 2.24) is 5.32 Å². The molecule has 0 spiro atoms. The lowest BCUT2D eigenvalue weighted by Crippen LogP contribution is -2.37. The molecule has 0 fully saturated rings. The van der Waals surface area contributed by atoms with Gasteiger partial charge in [0.15, 0.2) is 0 Å². The Kier molecular flexibility index (Phi) is 8.22. The molecule has 7 heteroatoms. The second-order valence-corrected chi connectivity index (χ2v) is 8.37. The SMILES string of the molecule is CCOc1ccc(N(CCCC(=O)N[C@H](C)C(C)C)S(C)(=O)=O)cc1. The van der Waals surface area contributed by atoms with Crippen LogP contribution in [-0.2, 0) is 14.8 Å². The molecule has 1 atom stereocenters. The van der Waals surface area contributed by atoms with E-state index in [0.717, 1.165) is 0 Å². The molecular weight excluding hydrogens is 340 g/mol. The Morgan fingerprint density at radius 1 is 1.20 bits per heavy atom. The number of anilines is 1. The molecule has 0 heterocycles. The molecule has 0 radical (unpaired) electrons. The lowest BCUT2D eigenvalue weighted by Gasteiger charge is -2.23. The van der Waals surface area contributed by atoms with Gasteiger partial charge in [0.05, 0.1) is 18.6 Å². The fraction of sp³-hybridized carbons (Fsp3) is 0.611. The Morgan fingerprint density at radius 3 is 2.28 bits per heavy atom. The standard InChI is InChI=1S/C18H30N2O4S/c1-6-24-17-11-9-16(10-12-17)20(25(5,22)23)13-7-8-18(21)19-15(4)14(2)3/h9-12,14-15H,6-8,13H2,1-5H3,(H,19,21)/t15-/m1/s1. The summed E-state index contributed by atoms with van der Waals surface area (Å²) >= 11 is 0. The molecule has 0 aliphatic carbocycles. The van der Waals surface area contributed by atoms with Gasteiger partial charge in [-0.2, -0.15) is 0 Å². The molecule has 25 heavy (non-hydrogen) atoms. The first-order valence-electron chi connectivity index (χ1n) is 8.65. The van der Waals surface area contributed by atoms with Crippen LogP contribution < -0.4 is 14.4 Å². The van der Waals surface area contributed by atoms with E-state index in [1.165, 1.54) is 10.6 Å². The molecule has 0 saturated heterocycles. The largest absolute Gasteiger partial charge is 0.494 e. The molecule has 0 saturated carbocycles. The molecule has 0 aromatic heterocycles. The third-order valence-corrected chi connectivity index (χ3v) is 5.18. The van der Waals surface area contributed by atoms with Gasteiger partial charge >= 0.3 is 0 Å².